The van der Waals surface area contributed by atoms with E-state index in [4.69, 9.17) is 15.8 Å². The Kier molecular flexibility index (Phi) is 2.45. The number of likely N-dealkylation sites (tertiary alicyclic amines) is 1. The van der Waals surface area contributed by atoms with Crippen LogP contribution in [-0.4, -0.2) is 55.1 Å². The maximum Gasteiger partial charge on any atom is 0.407 e. The summed E-state index contributed by atoms with van der Waals surface area (Å²) in [6.07, 6.45) is -4.86. The summed E-state index contributed by atoms with van der Waals surface area (Å²) in [5, 5.41) is 7.32. The number of oxime groups is 1. The SMILES string of the molecule is [2H]OC(=O)N1C([2H])([2H])C([2H])([2H])/C(=N/OC)C([2H])(C([2H])OC)C1([2H])C(C)(C)C. The van der Waals surface area contributed by atoms with Gasteiger partial charge in [-0.15, -0.1) is 0 Å². The molecule has 1 fully saturated rings. The average molecular weight is 280 g/mol. The van der Waals surface area contributed by atoms with Crippen molar-refractivity contribution in [2.75, 3.05) is 27.3 Å². The molecule has 1 amide bonds. The number of carboxylic acid groups (broad SMARTS) is 1. The van der Waals surface area contributed by atoms with Gasteiger partial charge in [-0.05, 0) is 5.41 Å². The van der Waals surface area contributed by atoms with E-state index in [0.29, 0.717) is 0 Å². The minimum atomic E-state index is -3.27. The molecule has 0 saturated carbocycles. The summed E-state index contributed by atoms with van der Waals surface area (Å²) in [5.41, 5.74) is -2.37. The molecule has 0 bridgehead atoms. The lowest BCUT2D eigenvalue weighted by molar-refractivity contribution is 0.0301. The van der Waals surface area contributed by atoms with Crippen LogP contribution >= 0.6 is 0 Å². The van der Waals surface area contributed by atoms with Gasteiger partial charge in [0.25, 0.3) is 1.43 Å². The Balaban J connectivity index is 4.16. The zero-order chi connectivity index (χ0) is 21.6. The van der Waals surface area contributed by atoms with Gasteiger partial charge in [0.05, 0.1) is 21.1 Å². The first-order valence-corrected chi connectivity index (χ1v) is 5.58. The molecular formula is C13H24N2O4. The van der Waals surface area contributed by atoms with Gasteiger partial charge in [-0.1, -0.05) is 25.9 Å². The molecule has 110 valence electrons. The fraction of sp³-hybridized carbons (Fsp3) is 0.846. The number of nitrogens with zero attached hydrogens (tertiary/aromatic N) is 2. The van der Waals surface area contributed by atoms with Crippen molar-refractivity contribution in [2.45, 2.75) is 33.2 Å². The van der Waals surface area contributed by atoms with Crippen molar-refractivity contribution < 1.29 is 29.1 Å². The monoisotopic (exact) mass is 280 g/mol. The van der Waals surface area contributed by atoms with Crippen LogP contribution in [0.15, 0.2) is 5.16 Å². The molecule has 0 spiro atoms. The van der Waals surface area contributed by atoms with Crippen LogP contribution < -0.4 is 0 Å². The second-order valence-corrected chi connectivity index (χ2v) is 4.83. The van der Waals surface area contributed by atoms with Crippen molar-refractivity contribution in [1.29, 1.82) is 1.43 Å². The first-order chi connectivity index (χ1) is 12.0. The highest BCUT2D eigenvalue weighted by molar-refractivity contribution is 5.89. The van der Waals surface area contributed by atoms with E-state index in [2.05, 4.69) is 15.1 Å². The molecule has 1 rings (SSSR count). The van der Waals surface area contributed by atoms with Gasteiger partial charge < -0.3 is 19.6 Å². The van der Waals surface area contributed by atoms with Gasteiger partial charge in [-0.2, -0.15) is 0 Å². The van der Waals surface area contributed by atoms with Crippen LogP contribution in [0, 0.1) is 11.3 Å². The van der Waals surface area contributed by atoms with E-state index in [1.54, 1.807) is 0 Å². The van der Waals surface area contributed by atoms with Crippen LogP contribution in [0.4, 0.5) is 4.79 Å². The summed E-state index contributed by atoms with van der Waals surface area (Å²) in [7, 11) is 2.09. The standard InChI is InChI=1S/C13H24N2O4/c1-13(2,3)11-9(8-18-4)10(14-19-5)6-7-15(11)12(16)17/h9,11H,6-8H2,1-5H3,(H,16,17)/b14-10-/i6D2,7D2,8D,9D,11D/hD. The summed E-state index contributed by atoms with van der Waals surface area (Å²) < 4.78 is 70.8. The van der Waals surface area contributed by atoms with Crippen molar-refractivity contribution in [1.82, 2.24) is 4.90 Å². The quantitative estimate of drug-likeness (QED) is 0.803. The lowest BCUT2D eigenvalue weighted by Gasteiger charge is -2.46. The zero-order valence-corrected chi connectivity index (χ0v) is 11.6. The second-order valence-electron chi connectivity index (χ2n) is 4.83. The Morgan fingerprint density at radius 1 is 1.74 bits per heavy atom. The molecule has 0 aromatic heterocycles. The Labute approximate surface area is 125 Å². The molecule has 1 N–H and O–H groups in total. The average Bonchev–Trinajstić information content (AvgIpc) is 2.55. The predicted molar refractivity (Wildman–Crippen MR) is 72.4 cm³/mol. The van der Waals surface area contributed by atoms with Gasteiger partial charge >= 0.3 is 6.09 Å². The van der Waals surface area contributed by atoms with E-state index in [1.807, 2.05) is 0 Å². The molecule has 0 aromatic rings. The molecule has 0 aliphatic carbocycles. The Morgan fingerprint density at radius 2 is 2.42 bits per heavy atom. The molecule has 3 unspecified atom stereocenters. The van der Waals surface area contributed by atoms with Crippen molar-refractivity contribution >= 4 is 11.8 Å². The number of amides is 1. The molecule has 1 aliphatic rings. The molecule has 1 aliphatic heterocycles. The highest BCUT2D eigenvalue weighted by Gasteiger charge is 2.44. The Morgan fingerprint density at radius 3 is 2.89 bits per heavy atom. The Hall–Kier alpha value is -1.30. The molecule has 3 atom stereocenters. The van der Waals surface area contributed by atoms with Crippen LogP contribution in [0.25, 0.3) is 1.43 Å². The van der Waals surface area contributed by atoms with Crippen LogP contribution in [0.1, 0.15) is 36.7 Å². The van der Waals surface area contributed by atoms with Gasteiger partial charge in [-0.3, -0.25) is 0 Å². The van der Waals surface area contributed by atoms with Gasteiger partial charge in [0, 0.05) is 32.7 Å². The molecular weight excluding hydrogens is 248 g/mol. The number of rotatable bonds is 3. The van der Waals surface area contributed by atoms with Crippen LogP contribution in [-0.2, 0) is 9.57 Å². The predicted octanol–water partition coefficient (Wildman–Crippen LogP) is 2.05. The lowest BCUT2D eigenvalue weighted by atomic mass is 9.73. The van der Waals surface area contributed by atoms with E-state index in [9.17, 15) is 4.79 Å². The topological polar surface area (TPSA) is 71.4 Å². The Bertz CT molecular complexity index is 626. The van der Waals surface area contributed by atoms with Crippen molar-refractivity contribution in [3.8, 4) is 0 Å². The van der Waals surface area contributed by atoms with Gasteiger partial charge in [0.1, 0.15) is 7.11 Å². The number of carbonyl (C=O) groups is 1. The molecule has 6 nitrogen and oxygen atoms in total. The highest BCUT2D eigenvalue weighted by atomic mass is 16.6. The molecule has 1 heterocycles. The lowest BCUT2D eigenvalue weighted by Crippen LogP contribution is -2.58. The van der Waals surface area contributed by atoms with Crippen molar-refractivity contribution in [2.24, 2.45) is 16.5 Å². The van der Waals surface area contributed by atoms with Crippen molar-refractivity contribution in [3.63, 3.8) is 0 Å². The van der Waals surface area contributed by atoms with Crippen molar-refractivity contribution in [3.05, 3.63) is 0 Å². The van der Waals surface area contributed by atoms with Crippen LogP contribution in [0.5, 0.6) is 0 Å². The maximum atomic E-state index is 12.3. The normalized spacial score (nSPS) is 47.2. The minimum absolute atomic E-state index is 0.0369. The van der Waals surface area contributed by atoms with E-state index in [-0.39, 0.29) is 4.90 Å². The van der Waals surface area contributed by atoms with Crippen LogP contribution in [0.3, 0.4) is 0 Å². The number of methoxy groups -OCH3 is 1. The second kappa shape index (κ2) is 6.23. The number of ether oxygens (including phenoxy) is 1. The van der Waals surface area contributed by atoms with E-state index >= 15 is 0 Å². The van der Waals surface area contributed by atoms with Gasteiger partial charge in [0.15, 0.2) is 0 Å². The molecule has 1 saturated heterocycles. The summed E-state index contributed by atoms with van der Waals surface area (Å²) in [4.78, 5) is 17.0. The summed E-state index contributed by atoms with van der Waals surface area (Å²) in [6, 6.07) is -2.69. The third-order valence-electron chi connectivity index (χ3n) is 2.33. The zero-order valence-electron chi connectivity index (χ0n) is 19.6. The third-order valence-corrected chi connectivity index (χ3v) is 2.33. The number of hydrogen-bond donors (Lipinski definition) is 1. The largest absolute Gasteiger partial charge is 0.465 e. The fourth-order valence-electron chi connectivity index (χ4n) is 1.73. The fourth-order valence-corrected chi connectivity index (χ4v) is 1.73. The summed E-state index contributed by atoms with van der Waals surface area (Å²) in [5.74, 6) is -2.75. The first-order valence-electron chi connectivity index (χ1n) is 9.56. The molecule has 0 aromatic carbocycles. The summed E-state index contributed by atoms with van der Waals surface area (Å²) in [6.45, 7) is -1.03. The minimum Gasteiger partial charge on any atom is -0.465 e. The van der Waals surface area contributed by atoms with E-state index in [0.717, 1.165) is 14.2 Å². The van der Waals surface area contributed by atoms with Gasteiger partial charge in [-0.25, -0.2) is 4.79 Å². The van der Waals surface area contributed by atoms with Crippen LogP contribution in [0.2, 0.25) is 0 Å². The van der Waals surface area contributed by atoms with E-state index in [1.165, 1.54) is 20.8 Å². The number of piperidine rings is 1. The number of hydrogen-bond acceptors (Lipinski definition) is 5. The first kappa shape index (κ1) is 7.47. The summed E-state index contributed by atoms with van der Waals surface area (Å²) >= 11 is 0. The van der Waals surface area contributed by atoms with E-state index < -0.39 is 48.6 Å². The molecule has 6 heteroatoms. The third kappa shape index (κ3) is 3.59. The molecule has 19 heavy (non-hydrogen) atoms. The molecule has 0 radical (unpaired) electrons. The maximum absolute atomic E-state index is 12.3. The van der Waals surface area contributed by atoms with Gasteiger partial charge in [0.2, 0.25) is 0 Å². The smallest absolute Gasteiger partial charge is 0.407 e. The highest BCUT2D eigenvalue weighted by Crippen LogP contribution is 2.35.